The molecule has 0 aliphatic carbocycles. The summed E-state index contributed by atoms with van der Waals surface area (Å²) < 4.78 is 5.93. The van der Waals surface area contributed by atoms with E-state index in [0.717, 1.165) is 27.8 Å². The first-order valence-electron chi connectivity index (χ1n) is 10.5. The first-order valence-corrected chi connectivity index (χ1v) is 11.7. The Kier molecular flexibility index (Phi) is 7.35. The van der Waals surface area contributed by atoms with Gasteiger partial charge in [0.1, 0.15) is 18.9 Å². The molecule has 0 bridgehead atoms. The maximum absolute atomic E-state index is 12.9. The maximum atomic E-state index is 12.9. The topological polar surface area (TPSA) is 75.7 Å². The Morgan fingerprint density at radius 3 is 2.50 bits per heavy atom. The Hall–Kier alpha value is -3.55. The first kappa shape index (κ1) is 23.6. The number of carbonyl (C=O) groups excluding carboxylic acids is 3. The number of carbonyl (C=O) groups is 3. The molecule has 1 N–H and O–H groups in total. The van der Waals surface area contributed by atoms with Crippen LogP contribution in [-0.2, 0) is 16.2 Å². The highest BCUT2D eigenvalue weighted by atomic mass is 35.5. The number of imide groups is 1. The van der Waals surface area contributed by atoms with Crippen LogP contribution in [0.2, 0.25) is 5.02 Å². The predicted molar refractivity (Wildman–Crippen MR) is 135 cm³/mol. The summed E-state index contributed by atoms with van der Waals surface area (Å²) in [5.74, 6) is -0.419. The van der Waals surface area contributed by atoms with Crippen molar-refractivity contribution in [2.45, 2.75) is 13.5 Å². The molecule has 1 saturated heterocycles. The van der Waals surface area contributed by atoms with Crippen LogP contribution in [0.4, 0.5) is 10.5 Å². The second kappa shape index (κ2) is 10.6. The smallest absolute Gasteiger partial charge is 0.294 e. The second-order valence-electron chi connectivity index (χ2n) is 7.60. The van der Waals surface area contributed by atoms with Crippen LogP contribution in [0.25, 0.3) is 6.08 Å². The minimum Gasteiger partial charge on any atom is -0.488 e. The number of halogens is 1. The van der Waals surface area contributed by atoms with E-state index in [9.17, 15) is 14.4 Å². The Balaban J connectivity index is 1.45. The maximum Gasteiger partial charge on any atom is 0.294 e. The number of benzene rings is 3. The van der Waals surface area contributed by atoms with Crippen molar-refractivity contribution in [3.8, 4) is 5.75 Å². The lowest BCUT2D eigenvalue weighted by atomic mass is 10.1. The van der Waals surface area contributed by atoms with Crippen molar-refractivity contribution >= 4 is 52.2 Å². The molecule has 8 heteroatoms. The zero-order chi connectivity index (χ0) is 24.1. The van der Waals surface area contributed by atoms with Crippen LogP contribution in [0.5, 0.6) is 5.75 Å². The highest BCUT2D eigenvalue weighted by Gasteiger charge is 2.36. The number of rotatable bonds is 7. The Bertz CT molecular complexity index is 1270. The molecule has 172 valence electrons. The van der Waals surface area contributed by atoms with Gasteiger partial charge >= 0.3 is 0 Å². The first-order chi connectivity index (χ1) is 16.4. The number of nitrogens with one attached hydrogen (secondary N) is 1. The van der Waals surface area contributed by atoms with E-state index in [1.807, 2.05) is 49.4 Å². The molecule has 1 aliphatic heterocycles. The highest BCUT2D eigenvalue weighted by molar-refractivity contribution is 8.18. The summed E-state index contributed by atoms with van der Waals surface area (Å²) in [5.41, 5.74) is 3.14. The highest BCUT2D eigenvalue weighted by Crippen LogP contribution is 2.34. The number of nitrogens with zero attached hydrogens (tertiary/aromatic N) is 1. The number of thioether (sulfide) groups is 1. The lowest BCUT2D eigenvalue weighted by molar-refractivity contribution is -0.127. The fourth-order valence-corrected chi connectivity index (χ4v) is 4.28. The zero-order valence-electron chi connectivity index (χ0n) is 18.3. The fourth-order valence-electron chi connectivity index (χ4n) is 3.26. The van der Waals surface area contributed by atoms with Gasteiger partial charge in [-0.3, -0.25) is 19.3 Å². The minimum absolute atomic E-state index is 0.224. The molecular formula is C26H21ClN2O4S. The third kappa shape index (κ3) is 5.68. The van der Waals surface area contributed by atoms with Gasteiger partial charge in [-0.15, -0.1) is 0 Å². The molecule has 1 fully saturated rings. The molecule has 1 heterocycles. The SMILES string of the molecule is Cc1ccc(NC(=O)CN2C(=O)S/C(=C\c3ccccc3OCc3ccccc3Cl)C2=O)cc1. The van der Waals surface area contributed by atoms with Crippen LogP contribution >= 0.6 is 23.4 Å². The number of para-hydroxylation sites is 1. The van der Waals surface area contributed by atoms with Gasteiger partial charge < -0.3 is 10.1 Å². The average molecular weight is 493 g/mol. The van der Waals surface area contributed by atoms with Crippen molar-refractivity contribution in [2.75, 3.05) is 11.9 Å². The monoisotopic (exact) mass is 492 g/mol. The van der Waals surface area contributed by atoms with Gasteiger partial charge in [-0.1, -0.05) is 65.7 Å². The van der Waals surface area contributed by atoms with E-state index in [1.165, 1.54) is 0 Å². The van der Waals surface area contributed by atoms with Crippen LogP contribution in [0.3, 0.4) is 0 Å². The molecule has 6 nitrogen and oxygen atoms in total. The quantitative estimate of drug-likeness (QED) is 0.415. The van der Waals surface area contributed by atoms with E-state index in [1.54, 1.807) is 36.4 Å². The summed E-state index contributed by atoms with van der Waals surface area (Å²) in [6.45, 7) is 1.84. The summed E-state index contributed by atoms with van der Waals surface area (Å²) in [6, 6.07) is 21.8. The third-order valence-corrected chi connectivity index (χ3v) is 6.33. The second-order valence-corrected chi connectivity index (χ2v) is 9.00. The average Bonchev–Trinajstić information content (AvgIpc) is 3.08. The van der Waals surface area contributed by atoms with Crippen molar-refractivity contribution in [2.24, 2.45) is 0 Å². The van der Waals surface area contributed by atoms with Crippen LogP contribution in [0.15, 0.2) is 77.7 Å². The summed E-state index contributed by atoms with van der Waals surface area (Å²) in [6.07, 6.45) is 1.60. The summed E-state index contributed by atoms with van der Waals surface area (Å²) in [4.78, 5) is 38.9. The van der Waals surface area contributed by atoms with Gasteiger partial charge in [-0.25, -0.2) is 0 Å². The molecule has 34 heavy (non-hydrogen) atoms. The van der Waals surface area contributed by atoms with Crippen molar-refractivity contribution in [1.29, 1.82) is 0 Å². The third-order valence-electron chi connectivity index (χ3n) is 5.06. The predicted octanol–water partition coefficient (Wildman–Crippen LogP) is 5.90. The van der Waals surface area contributed by atoms with Crippen molar-refractivity contribution in [3.63, 3.8) is 0 Å². The van der Waals surface area contributed by atoms with Gasteiger partial charge in [0.25, 0.3) is 11.1 Å². The fraction of sp³-hybridized carbons (Fsp3) is 0.115. The Morgan fingerprint density at radius 2 is 1.74 bits per heavy atom. The zero-order valence-corrected chi connectivity index (χ0v) is 19.9. The van der Waals surface area contributed by atoms with Gasteiger partial charge in [0.15, 0.2) is 0 Å². The van der Waals surface area contributed by atoms with Gasteiger partial charge in [0.2, 0.25) is 5.91 Å². The van der Waals surface area contributed by atoms with Gasteiger partial charge in [-0.05, 0) is 49.0 Å². The molecule has 4 rings (SSSR count). The molecule has 3 aromatic rings. The number of anilines is 1. The summed E-state index contributed by atoms with van der Waals surface area (Å²) in [7, 11) is 0. The number of hydrogen-bond donors (Lipinski definition) is 1. The van der Waals surface area contributed by atoms with Crippen molar-refractivity contribution < 1.29 is 19.1 Å². The normalized spacial score (nSPS) is 14.5. The molecule has 0 saturated carbocycles. The van der Waals surface area contributed by atoms with E-state index in [2.05, 4.69) is 5.32 Å². The lowest BCUT2D eigenvalue weighted by Crippen LogP contribution is -2.36. The molecule has 0 aromatic heterocycles. The molecule has 3 amide bonds. The van der Waals surface area contributed by atoms with E-state index >= 15 is 0 Å². The van der Waals surface area contributed by atoms with Crippen molar-refractivity contribution in [3.05, 3.63) is 99.4 Å². The molecule has 0 spiro atoms. The van der Waals surface area contributed by atoms with Crippen LogP contribution in [-0.4, -0.2) is 28.5 Å². The van der Waals surface area contributed by atoms with E-state index in [4.69, 9.17) is 16.3 Å². The van der Waals surface area contributed by atoms with E-state index in [-0.39, 0.29) is 18.1 Å². The molecule has 0 radical (unpaired) electrons. The molecular weight excluding hydrogens is 472 g/mol. The lowest BCUT2D eigenvalue weighted by Gasteiger charge is -2.13. The minimum atomic E-state index is -0.519. The van der Waals surface area contributed by atoms with Crippen molar-refractivity contribution in [1.82, 2.24) is 4.90 Å². The van der Waals surface area contributed by atoms with E-state index in [0.29, 0.717) is 22.0 Å². The molecule has 0 unspecified atom stereocenters. The number of hydrogen-bond acceptors (Lipinski definition) is 5. The van der Waals surface area contributed by atoms with Gasteiger partial charge in [-0.2, -0.15) is 0 Å². The number of aryl methyl sites for hydroxylation is 1. The molecule has 1 aliphatic rings. The largest absolute Gasteiger partial charge is 0.488 e. The van der Waals surface area contributed by atoms with Crippen LogP contribution in [0, 0.1) is 6.92 Å². The summed E-state index contributed by atoms with van der Waals surface area (Å²) in [5, 5.41) is 2.81. The molecule has 3 aromatic carbocycles. The molecule has 0 atom stereocenters. The van der Waals surface area contributed by atoms with Crippen LogP contribution < -0.4 is 10.1 Å². The standard InChI is InChI=1S/C26H21ClN2O4S/c1-17-10-12-20(13-11-17)28-24(30)15-29-25(31)23(34-26(29)32)14-18-6-3-5-9-22(18)33-16-19-7-2-4-8-21(19)27/h2-14H,15-16H2,1H3,(H,28,30)/b23-14-. The summed E-state index contributed by atoms with van der Waals surface area (Å²) >= 11 is 7.00. The number of ether oxygens (including phenoxy) is 1. The Labute approximate surface area is 206 Å². The van der Waals surface area contributed by atoms with Gasteiger partial charge in [0, 0.05) is 21.8 Å². The van der Waals surface area contributed by atoms with Crippen LogP contribution in [0.1, 0.15) is 16.7 Å². The van der Waals surface area contributed by atoms with E-state index < -0.39 is 17.1 Å². The number of amides is 3. The Morgan fingerprint density at radius 1 is 1.03 bits per heavy atom. The van der Waals surface area contributed by atoms with Gasteiger partial charge in [0.05, 0.1) is 4.91 Å².